The average Bonchev–Trinajstić information content (AvgIpc) is 2.69. The van der Waals surface area contributed by atoms with Crippen molar-refractivity contribution in [2.75, 3.05) is 13.1 Å². The van der Waals surface area contributed by atoms with Gasteiger partial charge in [-0.05, 0) is 62.6 Å². The van der Waals surface area contributed by atoms with Gasteiger partial charge in [-0.15, -0.1) is 0 Å². The van der Waals surface area contributed by atoms with Crippen molar-refractivity contribution in [1.82, 2.24) is 15.5 Å². The normalized spacial score (nSPS) is 26.1. The maximum atomic E-state index is 13.8. The van der Waals surface area contributed by atoms with Gasteiger partial charge in [-0.2, -0.15) is 13.2 Å². The number of carbonyl (C=O) groups is 2. The summed E-state index contributed by atoms with van der Waals surface area (Å²) in [6, 6.07) is 2.86. The molecule has 30 heavy (non-hydrogen) atoms. The standard InChI is InChI=1S/C21H27F4N3O2/c1-12-11-15(5-8-17(12)22)18(14-3-6-16(7-4-14)21(23,24)25)27-20(30)28-10-9-26-19(29)13(28)2/h5,8,11,13-14,16,18H,3-4,6-7,9-10H2,1-2H3,(H,26,29)(H,27,30)/t13-,14-,16-,18+/m1/s1. The Labute approximate surface area is 173 Å². The zero-order valence-corrected chi connectivity index (χ0v) is 17.1. The lowest BCUT2D eigenvalue weighted by Gasteiger charge is -2.38. The Morgan fingerprint density at radius 2 is 1.90 bits per heavy atom. The van der Waals surface area contributed by atoms with Gasteiger partial charge in [0.15, 0.2) is 0 Å². The highest BCUT2D eigenvalue weighted by atomic mass is 19.4. The van der Waals surface area contributed by atoms with E-state index < -0.39 is 30.2 Å². The van der Waals surface area contributed by atoms with Crippen molar-refractivity contribution < 1.29 is 27.2 Å². The number of amides is 3. The van der Waals surface area contributed by atoms with E-state index in [9.17, 15) is 27.2 Å². The van der Waals surface area contributed by atoms with Crippen molar-refractivity contribution in [2.24, 2.45) is 11.8 Å². The Balaban J connectivity index is 1.80. The number of alkyl halides is 3. The number of aryl methyl sites for hydroxylation is 1. The lowest BCUT2D eigenvalue weighted by atomic mass is 9.76. The molecule has 0 radical (unpaired) electrons. The molecule has 2 aliphatic rings. The van der Waals surface area contributed by atoms with Gasteiger partial charge in [0, 0.05) is 13.1 Å². The molecule has 1 heterocycles. The Hall–Kier alpha value is -2.32. The number of hydrogen-bond acceptors (Lipinski definition) is 2. The lowest BCUT2D eigenvalue weighted by Crippen LogP contribution is -2.58. The van der Waals surface area contributed by atoms with Gasteiger partial charge >= 0.3 is 12.2 Å². The van der Waals surface area contributed by atoms with Crippen molar-refractivity contribution in [3.63, 3.8) is 0 Å². The SMILES string of the molecule is Cc1cc([C@@H](NC(=O)N2CCNC(=O)[C@H]2C)[C@H]2CC[C@H](C(F)(F)F)CC2)ccc1F. The van der Waals surface area contributed by atoms with E-state index in [1.165, 1.54) is 11.0 Å². The third kappa shape index (κ3) is 4.87. The molecule has 9 heteroatoms. The van der Waals surface area contributed by atoms with Gasteiger partial charge in [-0.3, -0.25) is 4.79 Å². The molecule has 0 bridgehead atoms. The first-order valence-electron chi connectivity index (χ1n) is 10.3. The molecule has 1 saturated heterocycles. The fourth-order valence-electron chi connectivity index (χ4n) is 4.39. The smallest absolute Gasteiger partial charge is 0.353 e. The number of hydrogen-bond donors (Lipinski definition) is 2. The lowest BCUT2D eigenvalue weighted by molar-refractivity contribution is -0.184. The molecule has 166 valence electrons. The summed E-state index contributed by atoms with van der Waals surface area (Å²) < 4.78 is 53.0. The van der Waals surface area contributed by atoms with Crippen LogP contribution >= 0.6 is 0 Å². The third-order valence-electron chi connectivity index (χ3n) is 6.29. The Bertz CT molecular complexity index is 791. The van der Waals surface area contributed by atoms with Crippen LogP contribution in [0.1, 0.15) is 49.8 Å². The third-order valence-corrected chi connectivity index (χ3v) is 6.29. The monoisotopic (exact) mass is 429 g/mol. The van der Waals surface area contributed by atoms with Crippen molar-refractivity contribution >= 4 is 11.9 Å². The number of rotatable bonds is 3. The summed E-state index contributed by atoms with van der Waals surface area (Å²) in [7, 11) is 0. The number of halogens is 4. The van der Waals surface area contributed by atoms with Crippen LogP contribution in [-0.4, -0.2) is 42.1 Å². The van der Waals surface area contributed by atoms with Gasteiger partial charge in [-0.1, -0.05) is 12.1 Å². The maximum Gasteiger partial charge on any atom is 0.391 e. The Morgan fingerprint density at radius 1 is 1.23 bits per heavy atom. The second kappa shape index (κ2) is 8.81. The zero-order valence-electron chi connectivity index (χ0n) is 17.1. The van der Waals surface area contributed by atoms with Gasteiger partial charge < -0.3 is 15.5 Å². The number of urea groups is 1. The molecule has 2 N–H and O–H groups in total. The summed E-state index contributed by atoms with van der Waals surface area (Å²) in [5.41, 5.74) is 1.06. The van der Waals surface area contributed by atoms with Gasteiger partial charge in [0.05, 0.1) is 12.0 Å². The molecule has 2 fully saturated rings. The highest BCUT2D eigenvalue weighted by Gasteiger charge is 2.43. The second-order valence-electron chi connectivity index (χ2n) is 8.25. The van der Waals surface area contributed by atoms with E-state index in [0.29, 0.717) is 37.1 Å². The van der Waals surface area contributed by atoms with Crippen molar-refractivity contribution in [3.8, 4) is 0 Å². The molecule has 5 nitrogen and oxygen atoms in total. The summed E-state index contributed by atoms with van der Waals surface area (Å²) in [4.78, 5) is 26.3. The van der Waals surface area contributed by atoms with E-state index in [-0.39, 0.29) is 30.5 Å². The fourth-order valence-corrected chi connectivity index (χ4v) is 4.39. The minimum Gasteiger partial charge on any atom is -0.353 e. The summed E-state index contributed by atoms with van der Waals surface area (Å²) >= 11 is 0. The minimum absolute atomic E-state index is 0.00321. The van der Waals surface area contributed by atoms with Gasteiger partial charge in [0.1, 0.15) is 11.9 Å². The molecule has 0 spiro atoms. The summed E-state index contributed by atoms with van der Waals surface area (Å²) in [6.45, 7) is 3.91. The number of nitrogens with one attached hydrogen (secondary N) is 2. The summed E-state index contributed by atoms with van der Waals surface area (Å²) in [5, 5.41) is 5.62. The van der Waals surface area contributed by atoms with Crippen LogP contribution in [0.3, 0.4) is 0 Å². The van der Waals surface area contributed by atoms with Crippen molar-refractivity contribution in [2.45, 2.75) is 57.8 Å². The van der Waals surface area contributed by atoms with Gasteiger partial charge in [0.25, 0.3) is 0 Å². The highest BCUT2D eigenvalue weighted by Crippen LogP contribution is 2.43. The number of nitrogens with zero attached hydrogens (tertiary/aromatic N) is 1. The van der Waals surface area contributed by atoms with Crippen LogP contribution < -0.4 is 10.6 Å². The molecule has 0 aromatic heterocycles. The summed E-state index contributed by atoms with van der Waals surface area (Å²) in [5.74, 6) is -2.17. The van der Waals surface area contributed by atoms with Crippen LogP contribution in [0.4, 0.5) is 22.4 Å². The minimum atomic E-state index is -4.22. The first kappa shape index (κ1) is 22.4. The van der Waals surface area contributed by atoms with Crippen LogP contribution in [0, 0.1) is 24.6 Å². The number of benzene rings is 1. The van der Waals surface area contributed by atoms with Crippen molar-refractivity contribution in [3.05, 3.63) is 35.1 Å². The number of carbonyl (C=O) groups excluding carboxylic acids is 2. The van der Waals surface area contributed by atoms with E-state index >= 15 is 0 Å². The largest absolute Gasteiger partial charge is 0.391 e. The van der Waals surface area contributed by atoms with E-state index in [2.05, 4.69) is 10.6 Å². The molecule has 0 unspecified atom stereocenters. The van der Waals surface area contributed by atoms with E-state index in [1.807, 2.05) is 0 Å². The van der Waals surface area contributed by atoms with Crippen LogP contribution in [0.25, 0.3) is 0 Å². The van der Waals surface area contributed by atoms with Crippen LogP contribution in [0.15, 0.2) is 18.2 Å². The molecule has 1 aliphatic heterocycles. The van der Waals surface area contributed by atoms with E-state index in [0.717, 1.165) is 0 Å². The van der Waals surface area contributed by atoms with Crippen molar-refractivity contribution in [1.29, 1.82) is 0 Å². The molecule has 1 aliphatic carbocycles. The summed E-state index contributed by atoms with van der Waals surface area (Å²) in [6.07, 6.45) is -3.59. The topological polar surface area (TPSA) is 61.4 Å². The molecule has 2 atom stereocenters. The van der Waals surface area contributed by atoms with Crippen LogP contribution in [0.2, 0.25) is 0 Å². The fraction of sp³-hybridized carbons (Fsp3) is 0.619. The van der Waals surface area contributed by atoms with E-state index in [1.54, 1.807) is 26.0 Å². The van der Waals surface area contributed by atoms with E-state index in [4.69, 9.17) is 0 Å². The molecular weight excluding hydrogens is 402 g/mol. The quantitative estimate of drug-likeness (QED) is 0.712. The van der Waals surface area contributed by atoms with Gasteiger partial charge in [0.2, 0.25) is 5.91 Å². The number of piperazine rings is 1. The first-order chi connectivity index (χ1) is 14.1. The highest BCUT2D eigenvalue weighted by molar-refractivity contribution is 5.88. The first-order valence-corrected chi connectivity index (χ1v) is 10.3. The zero-order chi connectivity index (χ0) is 22.1. The molecular formula is C21H27F4N3O2. The molecule has 3 amide bonds. The molecule has 1 aromatic rings. The molecule has 3 rings (SSSR count). The van der Waals surface area contributed by atoms with Gasteiger partial charge in [-0.25, -0.2) is 9.18 Å². The Kier molecular flexibility index (Phi) is 6.57. The maximum absolute atomic E-state index is 13.8. The molecule has 1 aromatic carbocycles. The Morgan fingerprint density at radius 3 is 2.50 bits per heavy atom. The predicted octanol–water partition coefficient (Wildman–Crippen LogP) is 4.07. The van der Waals surface area contributed by atoms with Crippen LogP contribution in [-0.2, 0) is 4.79 Å². The second-order valence-corrected chi connectivity index (χ2v) is 8.25. The van der Waals surface area contributed by atoms with Crippen LogP contribution in [0.5, 0.6) is 0 Å². The average molecular weight is 429 g/mol. The molecule has 1 saturated carbocycles. The predicted molar refractivity (Wildman–Crippen MR) is 103 cm³/mol.